The number of aromatic nitrogens is 3. The first-order valence-electron chi connectivity index (χ1n) is 6.78. The molecule has 0 bridgehead atoms. The summed E-state index contributed by atoms with van der Waals surface area (Å²) in [5, 5.41) is 6.68. The Hall–Kier alpha value is -1.39. The Kier molecular flexibility index (Phi) is 2.66. The van der Waals surface area contributed by atoms with Crippen LogP contribution in [0.2, 0.25) is 5.02 Å². The molecule has 1 aliphatic rings. The summed E-state index contributed by atoms with van der Waals surface area (Å²) in [6.07, 6.45) is 1.89. The zero-order chi connectivity index (χ0) is 13.9. The van der Waals surface area contributed by atoms with E-state index in [1.54, 1.807) is 11.3 Å². The van der Waals surface area contributed by atoms with Gasteiger partial charge in [0.2, 0.25) is 4.96 Å². The third kappa shape index (κ3) is 1.79. The number of benzene rings is 1. The summed E-state index contributed by atoms with van der Waals surface area (Å²) >= 11 is 7.77. The Morgan fingerprint density at radius 2 is 2.25 bits per heavy atom. The van der Waals surface area contributed by atoms with Gasteiger partial charge in [0.25, 0.3) is 0 Å². The van der Waals surface area contributed by atoms with Gasteiger partial charge in [-0.15, -0.1) is 0 Å². The average Bonchev–Trinajstić information content (AvgIpc) is 2.97. The van der Waals surface area contributed by atoms with Gasteiger partial charge in [-0.3, -0.25) is 0 Å². The zero-order valence-electron chi connectivity index (χ0n) is 11.4. The molecule has 20 heavy (non-hydrogen) atoms. The van der Waals surface area contributed by atoms with Crippen LogP contribution in [0.15, 0.2) is 18.2 Å². The van der Waals surface area contributed by atoms with Gasteiger partial charge in [-0.05, 0) is 23.6 Å². The number of halogens is 1. The highest BCUT2D eigenvalue weighted by Crippen LogP contribution is 2.38. The van der Waals surface area contributed by atoms with Gasteiger partial charge in [0.15, 0.2) is 0 Å². The van der Waals surface area contributed by atoms with E-state index in [1.165, 1.54) is 21.8 Å². The average molecular weight is 304 g/mol. The maximum absolute atomic E-state index is 6.07. The van der Waals surface area contributed by atoms with Crippen LogP contribution in [0.4, 0.5) is 0 Å². The minimum atomic E-state index is 0.620. The van der Waals surface area contributed by atoms with Crippen LogP contribution in [-0.2, 0) is 12.8 Å². The quantitative estimate of drug-likeness (QED) is 0.555. The summed E-state index contributed by atoms with van der Waals surface area (Å²) in [7, 11) is 0. The number of hydrogen-bond donors (Lipinski definition) is 0. The first kappa shape index (κ1) is 12.4. The molecular weight excluding hydrogens is 290 g/mol. The number of rotatable bonds is 2. The van der Waals surface area contributed by atoms with Crippen LogP contribution in [-0.4, -0.2) is 14.6 Å². The fourth-order valence-electron chi connectivity index (χ4n) is 2.76. The molecule has 0 amide bonds. The molecule has 0 saturated heterocycles. The predicted octanol–water partition coefficient (Wildman–Crippen LogP) is 4.21. The molecule has 0 unspecified atom stereocenters. The molecule has 0 N–H and O–H groups in total. The highest BCUT2D eigenvalue weighted by Gasteiger charge is 2.26. The predicted molar refractivity (Wildman–Crippen MR) is 82.7 cm³/mol. The highest BCUT2D eigenvalue weighted by molar-refractivity contribution is 7.16. The van der Waals surface area contributed by atoms with Crippen molar-refractivity contribution in [1.82, 2.24) is 14.6 Å². The SMILES string of the molecule is CC(C)Cc1nn2c3c(nc2s1)-c1ccc(Cl)cc1C3. The maximum Gasteiger partial charge on any atom is 0.212 e. The second-order valence-corrected chi connectivity index (χ2v) is 7.15. The van der Waals surface area contributed by atoms with Crippen molar-refractivity contribution in [3.63, 3.8) is 0 Å². The van der Waals surface area contributed by atoms with Gasteiger partial charge in [0.1, 0.15) is 5.01 Å². The van der Waals surface area contributed by atoms with Crippen LogP contribution in [0.1, 0.15) is 30.1 Å². The molecule has 4 rings (SSSR count). The van der Waals surface area contributed by atoms with E-state index >= 15 is 0 Å². The van der Waals surface area contributed by atoms with Gasteiger partial charge in [0.05, 0.1) is 11.4 Å². The molecule has 0 fully saturated rings. The fourth-order valence-corrected chi connectivity index (χ4v) is 4.07. The first-order valence-corrected chi connectivity index (χ1v) is 7.97. The monoisotopic (exact) mass is 303 g/mol. The largest absolute Gasteiger partial charge is 0.217 e. The zero-order valence-corrected chi connectivity index (χ0v) is 12.9. The molecular formula is C15H14ClN3S. The highest BCUT2D eigenvalue weighted by atomic mass is 35.5. The molecule has 5 heteroatoms. The molecule has 0 radical (unpaired) electrons. The van der Waals surface area contributed by atoms with E-state index in [2.05, 4.69) is 19.9 Å². The topological polar surface area (TPSA) is 30.2 Å². The molecule has 3 nitrogen and oxygen atoms in total. The van der Waals surface area contributed by atoms with Crippen molar-refractivity contribution in [2.75, 3.05) is 0 Å². The van der Waals surface area contributed by atoms with Crippen LogP contribution in [0.3, 0.4) is 0 Å². The molecule has 1 aliphatic carbocycles. The van der Waals surface area contributed by atoms with E-state index in [1.807, 2.05) is 16.6 Å². The lowest BCUT2D eigenvalue weighted by atomic mass is 10.1. The fraction of sp³-hybridized carbons (Fsp3) is 0.333. The summed E-state index contributed by atoms with van der Waals surface area (Å²) in [5.41, 5.74) is 4.73. The summed E-state index contributed by atoms with van der Waals surface area (Å²) in [6.45, 7) is 4.43. The summed E-state index contributed by atoms with van der Waals surface area (Å²) < 4.78 is 2.02. The Morgan fingerprint density at radius 3 is 3.05 bits per heavy atom. The molecule has 0 atom stereocenters. The third-order valence-corrected chi connectivity index (χ3v) is 4.77. The first-order chi connectivity index (χ1) is 9.61. The molecule has 3 aromatic rings. The molecule has 1 aromatic carbocycles. The Bertz CT molecular complexity index is 816. The van der Waals surface area contributed by atoms with E-state index in [4.69, 9.17) is 21.7 Å². The number of fused-ring (bicyclic) bond motifs is 5. The Labute approximate surface area is 126 Å². The lowest BCUT2D eigenvalue weighted by molar-refractivity contribution is 0.635. The number of imidazole rings is 1. The van der Waals surface area contributed by atoms with E-state index in [9.17, 15) is 0 Å². The van der Waals surface area contributed by atoms with Crippen LogP contribution < -0.4 is 0 Å². The molecule has 2 aromatic heterocycles. The van der Waals surface area contributed by atoms with Gasteiger partial charge in [0, 0.05) is 23.4 Å². The van der Waals surface area contributed by atoms with Crippen LogP contribution >= 0.6 is 22.9 Å². The lowest BCUT2D eigenvalue weighted by Gasteiger charge is -1.98. The molecule has 102 valence electrons. The minimum absolute atomic E-state index is 0.620. The molecule has 0 spiro atoms. The van der Waals surface area contributed by atoms with Gasteiger partial charge >= 0.3 is 0 Å². The van der Waals surface area contributed by atoms with E-state index in [-0.39, 0.29) is 0 Å². The Morgan fingerprint density at radius 1 is 1.40 bits per heavy atom. The lowest BCUT2D eigenvalue weighted by Crippen LogP contribution is -1.97. The number of nitrogens with zero attached hydrogens (tertiary/aromatic N) is 3. The van der Waals surface area contributed by atoms with Gasteiger partial charge in [-0.1, -0.05) is 42.9 Å². The third-order valence-electron chi connectivity index (χ3n) is 3.60. The maximum atomic E-state index is 6.07. The van der Waals surface area contributed by atoms with Gasteiger partial charge in [-0.25, -0.2) is 9.50 Å². The smallest absolute Gasteiger partial charge is 0.212 e. The van der Waals surface area contributed by atoms with E-state index < -0.39 is 0 Å². The van der Waals surface area contributed by atoms with Crippen LogP contribution in [0.25, 0.3) is 16.2 Å². The van der Waals surface area contributed by atoms with E-state index in [0.29, 0.717) is 5.92 Å². The van der Waals surface area contributed by atoms with Crippen molar-refractivity contribution < 1.29 is 0 Å². The summed E-state index contributed by atoms with van der Waals surface area (Å²) in [6, 6.07) is 6.03. The second kappa shape index (κ2) is 4.30. The van der Waals surface area contributed by atoms with Crippen molar-refractivity contribution >= 4 is 27.9 Å². The van der Waals surface area contributed by atoms with Crippen molar-refractivity contribution in [3.05, 3.63) is 39.5 Å². The van der Waals surface area contributed by atoms with Crippen molar-refractivity contribution in [2.45, 2.75) is 26.7 Å². The molecule has 2 heterocycles. The van der Waals surface area contributed by atoms with Gasteiger partial charge < -0.3 is 0 Å². The van der Waals surface area contributed by atoms with Crippen molar-refractivity contribution in [1.29, 1.82) is 0 Å². The van der Waals surface area contributed by atoms with E-state index in [0.717, 1.165) is 28.5 Å². The molecule has 0 saturated carbocycles. The van der Waals surface area contributed by atoms with Crippen molar-refractivity contribution in [3.8, 4) is 11.3 Å². The Balaban J connectivity index is 1.83. The van der Waals surface area contributed by atoms with Crippen LogP contribution in [0.5, 0.6) is 0 Å². The minimum Gasteiger partial charge on any atom is -0.217 e. The van der Waals surface area contributed by atoms with Crippen LogP contribution in [0, 0.1) is 5.92 Å². The standard InChI is InChI=1S/C15H14ClN3S/c1-8(2)5-13-18-19-12-7-9-6-10(16)3-4-11(9)14(12)17-15(19)20-13/h3-4,6,8H,5,7H2,1-2H3. The second-order valence-electron chi connectivity index (χ2n) is 5.67. The molecule has 0 aliphatic heterocycles. The summed E-state index contributed by atoms with van der Waals surface area (Å²) in [5.74, 6) is 0.620. The summed E-state index contributed by atoms with van der Waals surface area (Å²) in [4.78, 5) is 5.77. The van der Waals surface area contributed by atoms with Gasteiger partial charge in [-0.2, -0.15) is 5.10 Å². The normalized spacial score (nSPS) is 13.2. The van der Waals surface area contributed by atoms with Crippen molar-refractivity contribution in [2.24, 2.45) is 5.92 Å². The number of hydrogen-bond acceptors (Lipinski definition) is 3.